The predicted molar refractivity (Wildman–Crippen MR) is 192 cm³/mol. The van der Waals surface area contributed by atoms with Crippen LogP contribution in [0.25, 0.3) is 11.1 Å². The Morgan fingerprint density at radius 1 is 0.920 bits per heavy atom. The van der Waals surface area contributed by atoms with E-state index in [1.54, 1.807) is 19.1 Å². The number of aliphatic hydroxyl groups excluding tert-OH is 1. The second kappa shape index (κ2) is 19.1. The number of nitrogens with one attached hydrogen (secondary N) is 2. The summed E-state index contributed by atoms with van der Waals surface area (Å²) >= 11 is 0. The average Bonchev–Trinajstić information content (AvgIpc) is 3.44. The van der Waals surface area contributed by atoms with Crippen LogP contribution in [-0.2, 0) is 30.4 Å². The van der Waals surface area contributed by atoms with Gasteiger partial charge in [0, 0.05) is 25.4 Å². The van der Waals surface area contributed by atoms with Crippen LogP contribution in [0.2, 0.25) is 0 Å². The minimum absolute atomic E-state index is 0.00407. The Labute approximate surface area is 294 Å². The van der Waals surface area contributed by atoms with Crippen molar-refractivity contribution in [1.29, 1.82) is 0 Å². The number of nitrogens with zero attached hydrogens (tertiary/aromatic N) is 1. The van der Waals surface area contributed by atoms with Crippen LogP contribution in [0.4, 0.5) is 4.79 Å². The maximum atomic E-state index is 13.2. The Morgan fingerprint density at radius 3 is 2.18 bits per heavy atom. The Morgan fingerprint density at radius 2 is 1.56 bits per heavy atom. The number of alkyl carbamates (subject to hydrolysis) is 1. The number of hydrogen-bond donors (Lipinski definition) is 3. The average molecular weight is 682 g/mol. The second-order valence-electron chi connectivity index (χ2n) is 12.3. The van der Waals surface area contributed by atoms with Crippen LogP contribution in [-0.4, -0.2) is 72.3 Å². The monoisotopic (exact) mass is 681 g/mol. The fourth-order valence-electron chi connectivity index (χ4n) is 6.07. The third-order valence-corrected chi connectivity index (χ3v) is 8.64. The number of aliphatic hydroxyl groups is 1. The molecule has 0 saturated carbocycles. The van der Waals surface area contributed by atoms with Gasteiger partial charge in [-0.1, -0.05) is 91.0 Å². The van der Waals surface area contributed by atoms with Gasteiger partial charge in [-0.3, -0.25) is 9.59 Å². The number of benzene rings is 3. The molecule has 0 spiro atoms. The third kappa shape index (κ3) is 10.4. The Balaban J connectivity index is 1.28. The van der Waals surface area contributed by atoms with Crippen molar-refractivity contribution in [2.24, 2.45) is 5.92 Å². The first-order chi connectivity index (χ1) is 24.2. The largest absolute Gasteiger partial charge is 0.459 e. The lowest BCUT2D eigenvalue weighted by Crippen LogP contribution is -2.45. The lowest BCUT2D eigenvalue weighted by molar-refractivity contribution is -0.151. The zero-order valence-electron chi connectivity index (χ0n) is 28.6. The molecular weight excluding hydrogens is 634 g/mol. The highest BCUT2D eigenvalue weighted by atomic mass is 16.6. The van der Waals surface area contributed by atoms with Crippen molar-refractivity contribution in [3.63, 3.8) is 0 Å². The van der Waals surface area contributed by atoms with Gasteiger partial charge in [0.1, 0.15) is 18.8 Å². The fraction of sp³-hybridized carbons (Fsp3) is 0.350. The maximum Gasteiger partial charge on any atom is 0.407 e. The molecular formula is C40H47N3O7. The van der Waals surface area contributed by atoms with Crippen molar-refractivity contribution in [2.75, 3.05) is 26.3 Å². The van der Waals surface area contributed by atoms with E-state index in [9.17, 15) is 24.3 Å². The van der Waals surface area contributed by atoms with Gasteiger partial charge in [0.2, 0.25) is 11.8 Å². The van der Waals surface area contributed by atoms with E-state index in [4.69, 9.17) is 9.47 Å². The maximum absolute atomic E-state index is 13.2. The molecule has 10 nitrogen and oxygen atoms in total. The molecule has 0 heterocycles. The smallest absolute Gasteiger partial charge is 0.407 e. The van der Waals surface area contributed by atoms with Crippen LogP contribution in [0.1, 0.15) is 55.2 Å². The number of amides is 3. The van der Waals surface area contributed by atoms with Gasteiger partial charge >= 0.3 is 12.1 Å². The SMILES string of the molecule is C=CCC[C@H](NC(=O)OCC1c2ccccc2-c2ccccc21)C(=O)O[C@@H](C)CNC(=O)[C@@H](CC=C)CC(=O)N(CCO)Cc1ccccc1. The number of fused-ring (bicyclic) bond motifs is 3. The van der Waals surface area contributed by atoms with Gasteiger partial charge in [0.25, 0.3) is 0 Å². The van der Waals surface area contributed by atoms with Crippen molar-refractivity contribution < 1.29 is 33.8 Å². The molecule has 0 bridgehead atoms. The minimum atomic E-state index is -0.991. The van der Waals surface area contributed by atoms with E-state index in [0.717, 1.165) is 27.8 Å². The number of hydrogen-bond acceptors (Lipinski definition) is 7. The van der Waals surface area contributed by atoms with Gasteiger partial charge in [-0.25, -0.2) is 9.59 Å². The molecule has 0 aliphatic heterocycles. The molecule has 4 rings (SSSR count). The van der Waals surface area contributed by atoms with Crippen molar-refractivity contribution >= 4 is 23.9 Å². The second-order valence-corrected chi connectivity index (χ2v) is 12.3. The van der Waals surface area contributed by atoms with Crippen LogP contribution < -0.4 is 10.6 Å². The van der Waals surface area contributed by atoms with Crippen molar-refractivity contribution in [1.82, 2.24) is 15.5 Å². The van der Waals surface area contributed by atoms with Crippen LogP contribution >= 0.6 is 0 Å². The van der Waals surface area contributed by atoms with Gasteiger partial charge in [-0.05, 0) is 54.0 Å². The summed E-state index contributed by atoms with van der Waals surface area (Å²) in [6, 6.07) is 24.5. The lowest BCUT2D eigenvalue weighted by Gasteiger charge is -2.25. The van der Waals surface area contributed by atoms with Crippen molar-refractivity contribution in [3.8, 4) is 11.1 Å². The van der Waals surface area contributed by atoms with E-state index >= 15 is 0 Å². The topological polar surface area (TPSA) is 134 Å². The number of allylic oxidation sites excluding steroid dienone is 2. The van der Waals surface area contributed by atoms with Crippen molar-refractivity contribution in [2.45, 2.75) is 57.2 Å². The summed E-state index contributed by atoms with van der Waals surface area (Å²) in [7, 11) is 0. The third-order valence-electron chi connectivity index (χ3n) is 8.64. The van der Waals surface area contributed by atoms with Gasteiger partial charge in [0.15, 0.2) is 0 Å². The molecule has 3 N–H and O–H groups in total. The molecule has 50 heavy (non-hydrogen) atoms. The van der Waals surface area contributed by atoms with Gasteiger partial charge in [0.05, 0.1) is 19.1 Å². The standard InChI is InChI=1S/C40H47N3O7/c1-4-6-21-36(42-40(48)49-27-35-33-19-12-10-17-31(33)32-18-11-13-20-34(32)35)39(47)50-28(3)25-41-38(46)30(14-5-2)24-37(45)43(22-23-44)26-29-15-8-7-9-16-29/h4-5,7-13,15-20,28,30,35-36,44H,1-2,6,14,21-27H2,3H3,(H,41,46)(H,42,48)/t28-,30-,36-/m0/s1. The summed E-state index contributed by atoms with van der Waals surface area (Å²) in [5.74, 6) is -2.15. The van der Waals surface area contributed by atoms with Gasteiger partial charge in [-0.15, -0.1) is 13.2 Å². The van der Waals surface area contributed by atoms with E-state index < -0.39 is 30.1 Å². The Bertz CT molecular complexity index is 1580. The zero-order valence-corrected chi connectivity index (χ0v) is 28.6. The number of carbonyl (C=O) groups excluding carboxylic acids is 4. The van der Waals surface area contributed by atoms with E-state index in [-0.39, 0.29) is 63.3 Å². The Hall–Kier alpha value is -5.22. The molecule has 264 valence electrons. The zero-order chi connectivity index (χ0) is 35.9. The summed E-state index contributed by atoms with van der Waals surface area (Å²) in [6.45, 7) is 9.42. The molecule has 0 aromatic heterocycles. The molecule has 1 aliphatic carbocycles. The molecule has 1 aliphatic rings. The number of carbonyl (C=O) groups is 4. The molecule has 0 radical (unpaired) electrons. The van der Waals surface area contributed by atoms with E-state index in [2.05, 4.69) is 35.9 Å². The van der Waals surface area contributed by atoms with Crippen LogP contribution in [0.15, 0.2) is 104 Å². The molecule has 10 heteroatoms. The Kier molecular flexibility index (Phi) is 14.4. The van der Waals surface area contributed by atoms with E-state index in [0.29, 0.717) is 13.0 Å². The first-order valence-electron chi connectivity index (χ1n) is 17.0. The minimum Gasteiger partial charge on any atom is -0.459 e. The molecule has 3 aromatic carbocycles. The predicted octanol–water partition coefficient (Wildman–Crippen LogP) is 5.51. The molecule has 0 fully saturated rings. The summed E-state index contributed by atoms with van der Waals surface area (Å²) in [5, 5.41) is 15.0. The first-order valence-corrected chi connectivity index (χ1v) is 17.0. The number of esters is 1. The molecule has 3 aromatic rings. The molecule has 0 saturated heterocycles. The van der Waals surface area contributed by atoms with Gasteiger partial charge < -0.3 is 30.1 Å². The van der Waals surface area contributed by atoms with Gasteiger partial charge in [-0.2, -0.15) is 0 Å². The number of rotatable bonds is 19. The molecule has 3 atom stereocenters. The quantitative estimate of drug-likeness (QED) is 0.112. The number of ether oxygens (including phenoxy) is 2. The summed E-state index contributed by atoms with van der Waals surface area (Å²) in [4.78, 5) is 54.0. The molecule has 0 unspecified atom stereocenters. The highest BCUT2D eigenvalue weighted by Gasteiger charge is 2.31. The summed E-state index contributed by atoms with van der Waals surface area (Å²) < 4.78 is 11.2. The molecule has 3 amide bonds. The summed E-state index contributed by atoms with van der Waals surface area (Å²) in [6.07, 6.45) is 2.64. The first kappa shape index (κ1) is 37.6. The lowest BCUT2D eigenvalue weighted by atomic mass is 9.98. The summed E-state index contributed by atoms with van der Waals surface area (Å²) in [5.41, 5.74) is 5.29. The normalized spacial score (nSPS) is 13.5. The van der Waals surface area contributed by atoms with E-state index in [1.165, 1.54) is 4.90 Å². The van der Waals surface area contributed by atoms with Crippen molar-refractivity contribution in [3.05, 3.63) is 121 Å². The van der Waals surface area contributed by atoms with Crippen LogP contribution in [0, 0.1) is 5.92 Å². The highest BCUT2D eigenvalue weighted by Crippen LogP contribution is 2.44. The van der Waals surface area contributed by atoms with E-state index in [1.807, 2.05) is 66.7 Å². The van der Waals surface area contributed by atoms with Crippen LogP contribution in [0.5, 0.6) is 0 Å². The van der Waals surface area contributed by atoms with Crippen LogP contribution in [0.3, 0.4) is 0 Å². The fourth-order valence-corrected chi connectivity index (χ4v) is 6.07. The highest BCUT2D eigenvalue weighted by molar-refractivity contribution is 5.86.